The fourth-order valence-corrected chi connectivity index (χ4v) is 6.12. The molecule has 6 bridgehead atoms. The first-order valence-electron chi connectivity index (χ1n) is 15.5. The molecular weight excluding hydrogens is 615 g/mol. The van der Waals surface area contributed by atoms with E-state index in [1.807, 2.05) is 42.5 Å². The Morgan fingerprint density at radius 3 is 2.53 bits per heavy atom. The average Bonchev–Trinajstić information content (AvgIpc) is 3.48. The molecule has 4 aromatic rings. The minimum absolute atomic E-state index is 0.0938. The van der Waals surface area contributed by atoms with Crippen molar-refractivity contribution < 1.29 is 32.2 Å². The Bertz CT molecular complexity index is 1800. The second kappa shape index (κ2) is 13.7. The van der Waals surface area contributed by atoms with Crippen LogP contribution < -0.4 is 15.2 Å². The van der Waals surface area contributed by atoms with Gasteiger partial charge >= 0.3 is 11.9 Å². The molecule has 0 aliphatic carbocycles. The SMILES string of the molecule is O=C(CCc1n[nH]c(=O)[nH]1)N1CCCOc2cccc(c2)C2c3ccc(cc3CCN2C(=O)Cc2cccc(C(F)(F)F)c2)OCC1. The number of ether oxygens (including phenoxy) is 2. The molecule has 3 aliphatic heterocycles. The number of carbonyl (C=O) groups is 2. The van der Waals surface area contributed by atoms with Crippen molar-refractivity contribution in [1.82, 2.24) is 25.0 Å². The lowest BCUT2D eigenvalue weighted by Crippen LogP contribution is -2.41. The smallest absolute Gasteiger partial charge is 0.416 e. The molecule has 10 nitrogen and oxygen atoms in total. The maximum Gasteiger partial charge on any atom is 0.416 e. The number of aryl methyl sites for hydroxylation is 1. The predicted octanol–water partition coefficient (Wildman–Crippen LogP) is 4.46. The quantitative estimate of drug-likeness (QED) is 0.330. The van der Waals surface area contributed by atoms with Gasteiger partial charge in [-0.25, -0.2) is 9.89 Å². The fourth-order valence-electron chi connectivity index (χ4n) is 6.12. The summed E-state index contributed by atoms with van der Waals surface area (Å²) < 4.78 is 52.2. The predicted molar refractivity (Wildman–Crippen MR) is 165 cm³/mol. The minimum Gasteiger partial charge on any atom is -0.494 e. The normalized spacial score (nSPS) is 16.8. The number of halogens is 3. The van der Waals surface area contributed by atoms with Crippen LogP contribution in [-0.4, -0.2) is 69.6 Å². The summed E-state index contributed by atoms with van der Waals surface area (Å²) in [7, 11) is 0. The molecule has 0 radical (unpaired) electrons. The third-order valence-electron chi connectivity index (χ3n) is 8.40. The number of benzene rings is 3. The van der Waals surface area contributed by atoms with Gasteiger partial charge in [0.1, 0.15) is 23.9 Å². The molecule has 4 heterocycles. The Balaban J connectivity index is 1.23. The van der Waals surface area contributed by atoms with Gasteiger partial charge in [-0.2, -0.15) is 18.3 Å². The number of nitrogens with zero attached hydrogens (tertiary/aromatic N) is 3. The van der Waals surface area contributed by atoms with E-state index in [2.05, 4.69) is 15.2 Å². The van der Waals surface area contributed by atoms with E-state index in [1.54, 1.807) is 9.80 Å². The van der Waals surface area contributed by atoms with Gasteiger partial charge in [0.2, 0.25) is 11.8 Å². The van der Waals surface area contributed by atoms with E-state index in [9.17, 15) is 27.6 Å². The van der Waals surface area contributed by atoms with Gasteiger partial charge in [-0.15, -0.1) is 0 Å². The van der Waals surface area contributed by atoms with E-state index in [0.717, 1.165) is 28.8 Å². The van der Waals surface area contributed by atoms with Crippen LogP contribution in [0.4, 0.5) is 13.2 Å². The monoisotopic (exact) mass is 649 g/mol. The highest BCUT2D eigenvalue weighted by atomic mass is 19.4. The summed E-state index contributed by atoms with van der Waals surface area (Å²) in [5.41, 5.74) is 1.81. The number of amides is 2. The van der Waals surface area contributed by atoms with Crippen LogP contribution in [0, 0.1) is 0 Å². The number of hydrogen-bond donors (Lipinski definition) is 2. The average molecular weight is 650 g/mol. The van der Waals surface area contributed by atoms with Gasteiger partial charge in [0.05, 0.1) is 31.2 Å². The number of hydrogen-bond acceptors (Lipinski definition) is 6. The molecule has 47 heavy (non-hydrogen) atoms. The van der Waals surface area contributed by atoms with E-state index in [0.29, 0.717) is 68.4 Å². The van der Waals surface area contributed by atoms with Crippen LogP contribution in [0.25, 0.3) is 0 Å². The first-order valence-corrected chi connectivity index (χ1v) is 15.5. The molecule has 13 heteroatoms. The van der Waals surface area contributed by atoms with Crippen LogP contribution in [0.15, 0.2) is 71.5 Å². The van der Waals surface area contributed by atoms with E-state index in [-0.39, 0.29) is 31.3 Å². The van der Waals surface area contributed by atoms with Gasteiger partial charge in [0.15, 0.2) is 0 Å². The summed E-state index contributed by atoms with van der Waals surface area (Å²) >= 11 is 0. The zero-order valence-electron chi connectivity index (χ0n) is 25.5. The van der Waals surface area contributed by atoms with Crippen LogP contribution >= 0.6 is 0 Å². The van der Waals surface area contributed by atoms with E-state index in [1.165, 1.54) is 12.1 Å². The van der Waals surface area contributed by atoms with Crippen LogP contribution in [0.1, 0.15) is 52.5 Å². The zero-order valence-corrected chi connectivity index (χ0v) is 25.5. The van der Waals surface area contributed by atoms with E-state index < -0.39 is 23.5 Å². The molecule has 246 valence electrons. The van der Waals surface area contributed by atoms with Gasteiger partial charge in [-0.1, -0.05) is 36.4 Å². The van der Waals surface area contributed by atoms with Crippen LogP contribution in [-0.2, 0) is 35.0 Å². The minimum atomic E-state index is -4.50. The third kappa shape index (κ3) is 7.67. The van der Waals surface area contributed by atoms with Crippen molar-refractivity contribution in [2.24, 2.45) is 0 Å². The molecule has 3 aromatic carbocycles. The Morgan fingerprint density at radius 1 is 0.915 bits per heavy atom. The third-order valence-corrected chi connectivity index (χ3v) is 8.40. The highest BCUT2D eigenvalue weighted by Crippen LogP contribution is 2.38. The van der Waals surface area contributed by atoms with Crippen molar-refractivity contribution >= 4 is 11.8 Å². The van der Waals surface area contributed by atoms with Gasteiger partial charge < -0.3 is 19.3 Å². The summed E-state index contributed by atoms with van der Waals surface area (Å²) in [5.74, 6) is 1.29. The maximum atomic E-state index is 13.7. The Hall–Kier alpha value is -5.07. The maximum absolute atomic E-state index is 13.7. The lowest BCUT2D eigenvalue weighted by atomic mass is 9.87. The highest BCUT2D eigenvalue weighted by Gasteiger charge is 2.34. The largest absolute Gasteiger partial charge is 0.494 e. The van der Waals surface area contributed by atoms with Gasteiger partial charge in [-0.3, -0.25) is 14.6 Å². The first-order chi connectivity index (χ1) is 22.6. The summed E-state index contributed by atoms with van der Waals surface area (Å²) in [6.45, 7) is 1.75. The number of H-pyrrole nitrogens is 2. The number of alkyl halides is 3. The Kier molecular flexibility index (Phi) is 9.32. The van der Waals surface area contributed by atoms with Crippen LogP contribution in [0.3, 0.4) is 0 Å². The summed E-state index contributed by atoms with van der Waals surface area (Å²) in [4.78, 5) is 44.2. The van der Waals surface area contributed by atoms with Crippen LogP contribution in [0.5, 0.6) is 11.5 Å². The van der Waals surface area contributed by atoms with Crippen molar-refractivity contribution in [2.45, 2.75) is 44.3 Å². The first kappa shape index (κ1) is 31.9. The molecule has 7 rings (SSSR count). The highest BCUT2D eigenvalue weighted by molar-refractivity contribution is 5.80. The number of fused-ring (bicyclic) bond motifs is 8. The molecule has 0 spiro atoms. The van der Waals surface area contributed by atoms with Crippen molar-refractivity contribution in [3.05, 3.63) is 111 Å². The Morgan fingerprint density at radius 2 is 1.72 bits per heavy atom. The Labute approximate surface area is 268 Å². The molecule has 1 atom stereocenters. The lowest BCUT2D eigenvalue weighted by molar-refractivity contribution is -0.138. The van der Waals surface area contributed by atoms with Crippen molar-refractivity contribution in [1.29, 1.82) is 0 Å². The topological polar surface area (TPSA) is 121 Å². The summed E-state index contributed by atoms with van der Waals surface area (Å²) in [5, 5.41) is 6.18. The molecule has 2 amide bonds. The fraction of sp³-hybridized carbons (Fsp3) is 0.353. The van der Waals surface area contributed by atoms with E-state index in [4.69, 9.17) is 9.47 Å². The molecule has 1 unspecified atom stereocenters. The summed E-state index contributed by atoms with van der Waals surface area (Å²) in [6.07, 6.45) is -3.10. The molecule has 3 aliphatic rings. The second-order valence-corrected chi connectivity index (χ2v) is 11.6. The number of aromatic amines is 2. The van der Waals surface area contributed by atoms with Gasteiger partial charge in [0.25, 0.3) is 0 Å². The van der Waals surface area contributed by atoms with Crippen molar-refractivity contribution in [3.8, 4) is 11.5 Å². The molecule has 2 N–H and O–H groups in total. The standard InChI is InChI=1S/C34H34F3N5O5/c35-34(36,37)25-6-1-4-22(18-25)19-31(44)42-14-12-23-20-27-8-9-28(23)32(42)24-5-2-7-26(21-24)46-16-3-13-41(15-17-47-27)30(43)11-10-29-38-33(45)40-39-29/h1-2,4-9,18,20-21,32H,3,10-17,19H2,(H2,38,39,40,45). The van der Waals surface area contributed by atoms with Crippen molar-refractivity contribution in [2.75, 3.05) is 32.8 Å². The molecular formula is C34H34F3N5O5. The zero-order chi connectivity index (χ0) is 33.0. The van der Waals surface area contributed by atoms with Crippen molar-refractivity contribution in [3.63, 3.8) is 0 Å². The van der Waals surface area contributed by atoms with Gasteiger partial charge in [-0.05, 0) is 65.4 Å². The molecule has 0 saturated carbocycles. The lowest BCUT2D eigenvalue weighted by Gasteiger charge is -2.38. The molecule has 1 aromatic heterocycles. The number of carbonyl (C=O) groups excluding carboxylic acids is 2. The van der Waals surface area contributed by atoms with Gasteiger partial charge in [0, 0.05) is 25.9 Å². The van der Waals surface area contributed by atoms with Crippen LogP contribution in [0.2, 0.25) is 0 Å². The molecule has 0 saturated heterocycles. The number of rotatable bonds is 5. The number of nitrogens with one attached hydrogen (secondary N) is 2. The molecule has 0 fully saturated rings. The summed E-state index contributed by atoms with van der Waals surface area (Å²) in [6, 6.07) is 17.6. The number of aromatic nitrogens is 3. The van der Waals surface area contributed by atoms with E-state index >= 15 is 0 Å². The second-order valence-electron chi connectivity index (χ2n) is 11.6.